The van der Waals surface area contributed by atoms with Crippen LogP contribution in [-0.2, 0) is 0 Å². The number of hydrogen-bond acceptors (Lipinski definition) is 2. The second-order valence-corrected chi connectivity index (χ2v) is 7.58. The summed E-state index contributed by atoms with van der Waals surface area (Å²) in [4.78, 5) is 25.8. The zero-order valence-electron chi connectivity index (χ0n) is 14.4. The minimum atomic E-state index is -1.02. The maximum absolute atomic E-state index is 12.8. The van der Waals surface area contributed by atoms with Crippen molar-refractivity contribution in [2.24, 2.45) is 10.8 Å². The Labute approximate surface area is 142 Å². The highest BCUT2D eigenvalue weighted by atomic mass is 16.4. The molecule has 1 aliphatic heterocycles. The summed E-state index contributed by atoms with van der Waals surface area (Å²) in [6, 6.07) is 6.26. The van der Waals surface area contributed by atoms with E-state index in [1.807, 2.05) is 4.90 Å². The van der Waals surface area contributed by atoms with Crippen LogP contribution in [0, 0.1) is 10.8 Å². The molecular formula is C20H23NO3. The summed E-state index contributed by atoms with van der Waals surface area (Å²) in [5.41, 5.74) is 1.92. The standard InChI is InChI=1S/C20H23NO3/c1-19(2)9-5-10-20(3)13-21(11-8-16(19)20)17(22)14-6-4-7-15(12-14)18(23)24/h4-9,12H,10-11,13H2,1-3H3,(H,23,24). The first-order valence-electron chi connectivity index (χ1n) is 8.24. The second kappa shape index (κ2) is 5.62. The molecule has 1 heterocycles. The zero-order chi connectivity index (χ0) is 17.5. The highest BCUT2D eigenvalue weighted by Crippen LogP contribution is 2.49. The summed E-state index contributed by atoms with van der Waals surface area (Å²) in [7, 11) is 0. The molecule has 1 atom stereocenters. The Balaban J connectivity index is 1.88. The number of allylic oxidation sites excluding steroid dienone is 2. The van der Waals surface area contributed by atoms with Crippen LogP contribution >= 0.6 is 0 Å². The van der Waals surface area contributed by atoms with Gasteiger partial charge in [0.1, 0.15) is 0 Å². The minimum Gasteiger partial charge on any atom is -0.478 e. The van der Waals surface area contributed by atoms with Gasteiger partial charge >= 0.3 is 5.97 Å². The van der Waals surface area contributed by atoms with E-state index in [2.05, 4.69) is 39.0 Å². The average Bonchev–Trinajstić information content (AvgIpc) is 2.53. The molecule has 0 saturated heterocycles. The molecule has 126 valence electrons. The predicted molar refractivity (Wildman–Crippen MR) is 93.0 cm³/mol. The number of carboxylic acids is 1. The van der Waals surface area contributed by atoms with E-state index in [-0.39, 0.29) is 22.3 Å². The van der Waals surface area contributed by atoms with E-state index in [4.69, 9.17) is 5.11 Å². The quantitative estimate of drug-likeness (QED) is 0.842. The Morgan fingerprint density at radius 2 is 1.88 bits per heavy atom. The van der Waals surface area contributed by atoms with Crippen LogP contribution in [0.5, 0.6) is 0 Å². The van der Waals surface area contributed by atoms with Crippen molar-refractivity contribution in [2.45, 2.75) is 27.2 Å². The van der Waals surface area contributed by atoms with Crippen molar-refractivity contribution in [1.29, 1.82) is 0 Å². The van der Waals surface area contributed by atoms with Crippen molar-refractivity contribution in [2.75, 3.05) is 13.1 Å². The second-order valence-electron chi connectivity index (χ2n) is 7.58. The number of carbonyl (C=O) groups excluding carboxylic acids is 1. The van der Waals surface area contributed by atoms with Crippen molar-refractivity contribution in [1.82, 2.24) is 4.90 Å². The molecule has 4 nitrogen and oxygen atoms in total. The first kappa shape index (κ1) is 16.5. The first-order valence-corrected chi connectivity index (χ1v) is 8.24. The molecule has 0 bridgehead atoms. The molecule has 1 aromatic rings. The van der Waals surface area contributed by atoms with E-state index in [0.717, 1.165) is 6.42 Å². The van der Waals surface area contributed by atoms with Crippen molar-refractivity contribution in [3.05, 3.63) is 59.2 Å². The number of fused-ring (bicyclic) bond motifs is 1. The fourth-order valence-electron chi connectivity index (χ4n) is 4.06. The molecule has 0 aromatic heterocycles. The van der Waals surface area contributed by atoms with Gasteiger partial charge in [-0.05, 0) is 24.6 Å². The molecule has 0 spiro atoms. The average molecular weight is 325 g/mol. The molecule has 1 aromatic carbocycles. The Bertz CT molecular complexity index is 760. The molecule has 1 aliphatic carbocycles. The van der Waals surface area contributed by atoms with Crippen LogP contribution in [-0.4, -0.2) is 35.0 Å². The van der Waals surface area contributed by atoms with Crippen LogP contribution in [0.4, 0.5) is 0 Å². The van der Waals surface area contributed by atoms with Crippen molar-refractivity contribution >= 4 is 11.9 Å². The van der Waals surface area contributed by atoms with E-state index in [1.54, 1.807) is 12.1 Å². The lowest BCUT2D eigenvalue weighted by molar-refractivity contribution is 0.0680. The third-order valence-electron chi connectivity index (χ3n) is 5.15. The van der Waals surface area contributed by atoms with E-state index < -0.39 is 5.97 Å². The van der Waals surface area contributed by atoms with Gasteiger partial charge in [0.2, 0.25) is 0 Å². The molecule has 2 aliphatic rings. The van der Waals surface area contributed by atoms with Crippen LogP contribution in [0.2, 0.25) is 0 Å². The number of hydrogen-bond donors (Lipinski definition) is 1. The maximum Gasteiger partial charge on any atom is 0.335 e. The molecule has 0 fully saturated rings. The summed E-state index contributed by atoms with van der Waals surface area (Å²) in [5, 5.41) is 9.11. The van der Waals surface area contributed by atoms with Gasteiger partial charge in [-0.2, -0.15) is 0 Å². The Morgan fingerprint density at radius 3 is 2.58 bits per heavy atom. The summed E-state index contributed by atoms with van der Waals surface area (Å²) < 4.78 is 0. The lowest BCUT2D eigenvalue weighted by atomic mass is 9.62. The topological polar surface area (TPSA) is 57.6 Å². The third-order valence-corrected chi connectivity index (χ3v) is 5.15. The summed E-state index contributed by atoms with van der Waals surface area (Å²) in [5.74, 6) is -1.13. The molecule has 1 N–H and O–H groups in total. The van der Waals surface area contributed by atoms with Crippen LogP contribution in [0.1, 0.15) is 47.9 Å². The van der Waals surface area contributed by atoms with Gasteiger partial charge in [0.25, 0.3) is 5.91 Å². The van der Waals surface area contributed by atoms with E-state index in [0.29, 0.717) is 18.7 Å². The van der Waals surface area contributed by atoms with Crippen molar-refractivity contribution < 1.29 is 14.7 Å². The van der Waals surface area contributed by atoms with Crippen molar-refractivity contribution in [3.8, 4) is 0 Å². The lowest BCUT2D eigenvalue weighted by Crippen LogP contribution is -2.48. The number of carboxylic acid groups (broad SMARTS) is 1. The van der Waals surface area contributed by atoms with Gasteiger partial charge in [0, 0.05) is 29.5 Å². The maximum atomic E-state index is 12.8. The normalized spacial score (nSPS) is 25.0. The lowest BCUT2D eigenvalue weighted by Gasteiger charge is -2.48. The van der Waals surface area contributed by atoms with Gasteiger partial charge in [0.05, 0.1) is 5.56 Å². The van der Waals surface area contributed by atoms with Gasteiger partial charge in [-0.25, -0.2) is 4.79 Å². The number of nitrogens with zero attached hydrogens (tertiary/aromatic N) is 1. The van der Waals surface area contributed by atoms with Gasteiger partial charge in [0.15, 0.2) is 0 Å². The molecule has 3 rings (SSSR count). The van der Waals surface area contributed by atoms with Crippen LogP contribution in [0.15, 0.2) is 48.1 Å². The minimum absolute atomic E-state index is 0.0192. The highest BCUT2D eigenvalue weighted by Gasteiger charge is 2.42. The predicted octanol–water partition coefficient (Wildman–Crippen LogP) is 3.76. The molecule has 24 heavy (non-hydrogen) atoms. The van der Waals surface area contributed by atoms with Crippen molar-refractivity contribution in [3.63, 3.8) is 0 Å². The van der Waals surface area contributed by atoms with Gasteiger partial charge < -0.3 is 10.0 Å². The van der Waals surface area contributed by atoms with Crippen LogP contribution < -0.4 is 0 Å². The third kappa shape index (κ3) is 2.77. The summed E-state index contributed by atoms with van der Waals surface area (Å²) >= 11 is 0. The number of aromatic carboxylic acids is 1. The molecule has 4 heteroatoms. The fourth-order valence-corrected chi connectivity index (χ4v) is 4.06. The fraction of sp³-hybridized carbons (Fsp3) is 0.400. The van der Waals surface area contributed by atoms with Gasteiger partial charge in [-0.3, -0.25) is 4.79 Å². The number of amides is 1. The summed E-state index contributed by atoms with van der Waals surface area (Å²) in [6.07, 6.45) is 7.54. The molecule has 1 unspecified atom stereocenters. The van der Waals surface area contributed by atoms with Gasteiger partial charge in [-0.15, -0.1) is 0 Å². The number of benzene rings is 1. The monoisotopic (exact) mass is 325 g/mol. The number of rotatable bonds is 2. The first-order chi connectivity index (χ1) is 11.2. The van der Waals surface area contributed by atoms with E-state index in [1.165, 1.54) is 17.7 Å². The highest BCUT2D eigenvalue weighted by molar-refractivity contribution is 5.97. The SMILES string of the molecule is CC1(C)C=CCC2(C)CN(C(=O)c3cccc(C(=O)O)c3)CC=C12. The van der Waals surface area contributed by atoms with Gasteiger partial charge in [-0.1, -0.05) is 50.6 Å². The Hall–Kier alpha value is -2.36. The smallest absolute Gasteiger partial charge is 0.335 e. The Kier molecular flexibility index (Phi) is 3.86. The molecule has 0 radical (unpaired) electrons. The molecular weight excluding hydrogens is 302 g/mol. The van der Waals surface area contributed by atoms with E-state index in [9.17, 15) is 9.59 Å². The van der Waals surface area contributed by atoms with Crippen LogP contribution in [0.3, 0.4) is 0 Å². The Morgan fingerprint density at radius 1 is 1.17 bits per heavy atom. The number of carbonyl (C=O) groups is 2. The molecule has 0 saturated carbocycles. The summed E-state index contributed by atoms with van der Waals surface area (Å²) in [6.45, 7) is 7.85. The zero-order valence-corrected chi connectivity index (χ0v) is 14.4. The van der Waals surface area contributed by atoms with E-state index >= 15 is 0 Å². The molecule has 1 amide bonds. The van der Waals surface area contributed by atoms with Crippen LogP contribution in [0.25, 0.3) is 0 Å². The largest absolute Gasteiger partial charge is 0.478 e.